The Kier molecular flexibility index (Phi) is 3.95. The van der Waals surface area contributed by atoms with Crippen LogP contribution in [0.25, 0.3) is 0 Å². The molecule has 3 saturated heterocycles. The summed E-state index contributed by atoms with van der Waals surface area (Å²) >= 11 is 0. The largest absolute Gasteiger partial charge is 0.329 e. The average molecular weight is 296 g/mol. The van der Waals surface area contributed by atoms with Crippen LogP contribution in [-0.2, 0) is 13.1 Å². The molecule has 0 saturated carbocycles. The van der Waals surface area contributed by atoms with Gasteiger partial charge in [0.2, 0.25) is 0 Å². The molecule has 0 radical (unpaired) electrons. The third-order valence-electron chi connectivity index (χ3n) is 4.99. The quantitative estimate of drug-likeness (QED) is 0.938. The second kappa shape index (κ2) is 6.23. The predicted molar refractivity (Wildman–Crippen MR) is 87.6 cm³/mol. The molecule has 3 aliphatic heterocycles. The van der Waals surface area contributed by atoms with Crippen molar-refractivity contribution in [2.24, 2.45) is 5.92 Å². The van der Waals surface area contributed by atoms with Crippen LogP contribution >= 0.6 is 0 Å². The molecule has 4 nitrogen and oxygen atoms in total. The Morgan fingerprint density at radius 1 is 1.09 bits per heavy atom. The van der Waals surface area contributed by atoms with Gasteiger partial charge in [0.15, 0.2) is 0 Å². The van der Waals surface area contributed by atoms with Gasteiger partial charge in [-0.1, -0.05) is 30.3 Å². The van der Waals surface area contributed by atoms with E-state index in [0.717, 1.165) is 19.0 Å². The molecule has 2 atom stereocenters. The molecule has 0 amide bonds. The summed E-state index contributed by atoms with van der Waals surface area (Å²) in [5.74, 6) is 0.823. The standard InChI is InChI=1S/C18H24N4/c1-2-4-15(5-3-1)11-22-14-19-9-18(22)13-21-10-16-6-7-17(12-21)20-8-16/h1-5,9,14,16-17,20H,6-8,10-13H2. The van der Waals surface area contributed by atoms with Gasteiger partial charge in [0.25, 0.3) is 0 Å². The highest BCUT2D eigenvalue weighted by Gasteiger charge is 2.29. The molecular formula is C18H24N4. The fraction of sp³-hybridized carbons (Fsp3) is 0.500. The minimum atomic E-state index is 0.684. The number of nitrogens with zero attached hydrogens (tertiary/aromatic N) is 3. The van der Waals surface area contributed by atoms with Gasteiger partial charge in [-0.2, -0.15) is 0 Å². The number of hydrogen-bond donors (Lipinski definition) is 1. The Labute approximate surface area is 132 Å². The molecule has 2 aromatic rings. The summed E-state index contributed by atoms with van der Waals surface area (Å²) < 4.78 is 2.29. The highest BCUT2D eigenvalue weighted by Crippen LogP contribution is 2.22. The first-order valence-electron chi connectivity index (χ1n) is 8.35. The predicted octanol–water partition coefficient (Wildman–Crippen LogP) is 2.12. The number of nitrogens with one attached hydrogen (secondary N) is 1. The van der Waals surface area contributed by atoms with Crippen molar-refractivity contribution in [1.82, 2.24) is 19.8 Å². The number of piperidine rings is 1. The first-order chi connectivity index (χ1) is 10.9. The molecule has 2 bridgehead atoms. The second-order valence-electron chi connectivity index (χ2n) is 6.74. The maximum atomic E-state index is 4.38. The molecule has 0 aliphatic carbocycles. The molecule has 4 heteroatoms. The smallest absolute Gasteiger partial charge is 0.0951 e. The van der Waals surface area contributed by atoms with Crippen LogP contribution in [0.5, 0.6) is 0 Å². The molecule has 1 aromatic carbocycles. The van der Waals surface area contributed by atoms with Gasteiger partial charge < -0.3 is 9.88 Å². The Morgan fingerprint density at radius 3 is 2.82 bits per heavy atom. The number of hydrogen-bond acceptors (Lipinski definition) is 3. The van der Waals surface area contributed by atoms with Crippen molar-refractivity contribution in [3.8, 4) is 0 Å². The number of benzene rings is 1. The molecule has 116 valence electrons. The van der Waals surface area contributed by atoms with Crippen molar-refractivity contribution in [2.75, 3.05) is 19.6 Å². The molecule has 4 heterocycles. The topological polar surface area (TPSA) is 33.1 Å². The van der Waals surface area contributed by atoms with Crippen molar-refractivity contribution in [3.05, 3.63) is 54.1 Å². The molecule has 0 spiro atoms. The van der Waals surface area contributed by atoms with E-state index in [9.17, 15) is 0 Å². The van der Waals surface area contributed by atoms with Crippen LogP contribution in [-0.4, -0.2) is 40.1 Å². The monoisotopic (exact) mass is 296 g/mol. The van der Waals surface area contributed by atoms with Gasteiger partial charge in [0, 0.05) is 38.4 Å². The zero-order chi connectivity index (χ0) is 14.8. The molecule has 2 unspecified atom stereocenters. The number of imidazole rings is 1. The molecule has 22 heavy (non-hydrogen) atoms. The maximum Gasteiger partial charge on any atom is 0.0951 e. The molecule has 5 rings (SSSR count). The van der Waals surface area contributed by atoms with Gasteiger partial charge in [-0.05, 0) is 30.9 Å². The van der Waals surface area contributed by atoms with E-state index in [-0.39, 0.29) is 0 Å². The zero-order valence-corrected chi connectivity index (χ0v) is 13.0. The Morgan fingerprint density at radius 2 is 2.00 bits per heavy atom. The number of fused-ring (bicyclic) bond motifs is 4. The zero-order valence-electron chi connectivity index (χ0n) is 13.0. The van der Waals surface area contributed by atoms with Crippen LogP contribution in [0.1, 0.15) is 24.1 Å². The number of rotatable bonds is 4. The van der Waals surface area contributed by atoms with E-state index in [2.05, 4.69) is 50.1 Å². The van der Waals surface area contributed by atoms with E-state index in [1.54, 1.807) is 0 Å². The fourth-order valence-electron chi connectivity index (χ4n) is 3.80. The average Bonchev–Trinajstić information content (AvgIpc) is 2.78. The maximum absolute atomic E-state index is 4.38. The second-order valence-corrected chi connectivity index (χ2v) is 6.74. The molecular weight excluding hydrogens is 272 g/mol. The number of aromatic nitrogens is 2. The van der Waals surface area contributed by atoms with E-state index < -0.39 is 0 Å². The van der Waals surface area contributed by atoms with Gasteiger partial charge in [-0.25, -0.2) is 4.98 Å². The highest BCUT2D eigenvalue weighted by molar-refractivity contribution is 5.16. The van der Waals surface area contributed by atoms with Crippen LogP contribution in [0.2, 0.25) is 0 Å². The van der Waals surface area contributed by atoms with Crippen molar-refractivity contribution >= 4 is 0 Å². The molecule has 3 aliphatic rings. The van der Waals surface area contributed by atoms with Gasteiger partial charge in [-0.3, -0.25) is 4.90 Å². The summed E-state index contributed by atoms with van der Waals surface area (Å²) in [5.41, 5.74) is 2.66. The normalized spacial score (nSPS) is 25.3. The first kappa shape index (κ1) is 14.0. The SMILES string of the molecule is c1ccc(Cn2cncc2CN2CC3CCC(C2)NC3)cc1. The van der Waals surface area contributed by atoms with Gasteiger partial charge in [-0.15, -0.1) is 0 Å². The van der Waals surface area contributed by atoms with E-state index >= 15 is 0 Å². The van der Waals surface area contributed by atoms with Crippen molar-refractivity contribution < 1.29 is 0 Å². The minimum Gasteiger partial charge on any atom is -0.329 e. The van der Waals surface area contributed by atoms with Crippen LogP contribution in [0.3, 0.4) is 0 Å². The third kappa shape index (κ3) is 3.08. The first-order valence-corrected chi connectivity index (χ1v) is 8.35. The Balaban J connectivity index is 1.46. The van der Waals surface area contributed by atoms with E-state index in [4.69, 9.17) is 0 Å². The van der Waals surface area contributed by atoms with Gasteiger partial charge >= 0.3 is 0 Å². The lowest BCUT2D eigenvalue weighted by molar-refractivity contribution is 0.250. The van der Waals surface area contributed by atoms with Crippen LogP contribution in [0.4, 0.5) is 0 Å². The van der Waals surface area contributed by atoms with Crippen LogP contribution in [0.15, 0.2) is 42.9 Å². The molecule has 1 N–H and O–H groups in total. The summed E-state index contributed by atoms with van der Waals surface area (Å²) in [4.78, 5) is 6.99. The fourth-order valence-corrected chi connectivity index (χ4v) is 3.80. The highest BCUT2D eigenvalue weighted by atomic mass is 15.2. The summed E-state index contributed by atoms with van der Waals surface area (Å²) in [7, 11) is 0. The lowest BCUT2D eigenvalue weighted by atomic mass is 9.97. The van der Waals surface area contributed by atoms with Crippen molar-refractivity contribution in [3.63, 3.8) is 0 Å². The van der Waals surface area contributed by atoms with E-state index in [1.165, 1.54) is 43.7 Å². The van der Waals surface area contributed by atoms with Gasteiger partial charge in [0.1, 0.15) is 0 Å². The lowest BCUT2D eigenvalue weighted by Crippen LogP contribution is -2.39. The van der Waals surface area contributed by atoms with Crippen molar-refractivity contribution in [2.45, 2.75) is 32.0 Å². The third-order valence-corrected chi connectivity index (χ3v) is 4.99. The summed E-state index contributed by atoms with van der Waals surface area (Å²) in [6, 6.07) is 11.3. The van der Waals surface area contributed by atoms with E-state index in [0.29, 0.717) is 6.04 Å². The van der Waals surface area contributed by atoms with Crippen molar-refractivity contribution in [1.29, 1.82) is 0 Å². The van der Waals surface area contributed by atoms with Gasteiger partial charge in [0.05, 0.1) is 12.0 Å². The van der Waals surface area contributed by atoms with Crippen LogP contribution < -0.4 is 5.32 Å². The Hall–Kier alpha value is -1.65. The molecule has 1 aromatic heterocycles. The van der Waals surface area contributed by atoms with Crippen LogP contribution in [0, 0.1) is 5.92 Å². The summed E-state index contributed by atoms with van der Waals surface area (Å²) in [6.45, 7) is 5.52. The lowest BCUT2D eigenvalue weighted by Gasteiger charge is -2.23. The molecule has 3 fully saturated rings. The summed E-state index contributed by atoms with van der Waals surface area (Å²) in [6.07, 6.45) is 6.72. The minimum absolute atomic E-state index is 0.684. The van der Waals surface area contributed by atoms with E-state index in [1.807, 2.05) is 12.5 Å². The Bertz CT molecular complexity index is 585. The summed E-state index contributed by atoms with van der Waals surface area (Å²) in [5, 5.41) is 3.68.